The number of rotatable bonds is 9. The van der Waals surface area contributed by atoms with Gasteiger partial charge in [0.1, 0.15) is 5.78 Å². The highest BCUT2D eigenvalue weighted by Gasteiger charge is 2.21. The second-order valence-electron chi connectivity index (χ2n) is 7.86. The van der Waals surface area contributed by atoms with Gasteiger partial charge in [-0.05, 0) is 31.1 Å². The van der Waals surface area contributed by atoms with Gasteiger partial charge in [-0.15, -0.1) is 0 Å². The molecule has 1 fully saturated rings. The van der Waals surface area contributed by atoms with Gasteiger partial charge in [-0.3, -0.25) is 9.59 Å². The van der Waals surface area contributed by atoms with E-state index >= 15 is 0 Å². The van der Waals surface area contributed by atoms with Crippen LogP contribution in [0.25, 0.3) is 0 Å². The Morgan fingerprint density at radius 2 is 1.42 bits per heavy atom. The smallest absolute Gasteiger partial charge is 0.306 e. The zero-order chi connectivity index (χ0) is 20.1. The average Bonchev–Trinajstić information content (AvgIpc) is 2.59. The first-order valence-electron chi connectivity index (χ1n) is 10.2. The summed E-state index contributed by atoms with van der Waals surface area (Å²) in [6.45, 7) is 10.7. The highest BCUT2D eigenvalue weighted by molar-refractivity contribution is 7.81. The number of carbonyl (C=O) groups is 2. The predicted octanol–water partition coefficient (Wildman–Crippen LogP) is 5.76. The second kappa shape index (κ2) is 14.8. The molecular formula is C21H40O3S2. The molecule has 1 rings (SSSR count). The third kappa shape index (κ3) is 13.1. The van der Waals surface area contributed by atoms with Gasteiger partial charge in [-0.2, -0.15) is 25.3 Å². The van der Waals surface area contributed by atoms with Crippen molar-refractivity contribution in [3.63, 3.8) is 0 Å². The molecule has 0 spiro atoms. The minimum atomic E-state index is -0.0971. The van der Waals surface area contributed by atoms with Gasteiger partial charge in [-0.1, -0.05) is 53.9 Å². The van der Waals surface area contributed by atoms with Crippen LogP contribution in [0.4, 0.5) is 0 Å². The van der Waals surface area contributed by atoms with Gasteiger partial charge >= 0.3 is 5.97 Å². The Labute approximate surface area is 172 Å². The zero-order valence-electron chi connectivity index (χ0n) is 17.4. The van der Waals surface area contributed by atoms with Crippen molar-refractivity contribution in [1.82, 2.24) is 0 Å². The minimum absolute atomic E-state index is 0.0971. The predicted molar refractivity (Wildman–Crippen MR) is 117 cm³/mol. The number of hydrogen-bond donors (Lipinski definition) is 2. The molecule has 0 N–H and O–H groups in total. The molecule has 154 valence electrons. The highest BCUT2D eigenvalue weighted by Crippen LogP contribution is 2.30. The molecular weight excluding hydrogens is 364 g/mol. The van der Waals surface area contributed by atoms with E-state index in [1.165, 1.54) is 32.1 Å². The molecule has 1 aliphatic rings. The van der Waals surface area contributed by atoms with Crippen LogP contribution in [0.15, 0.2) is 0 Å². The average molecular weight is 405 g/mol. The monoisotopic (exact) mass is 404 g/mol. The first kappa shape index (κ1) is 25.8. The lowest BCUT2D eigenvalue weighted by atomic mass is 9.81. The Hall–Kier alpha value is -0.160. The Balaban J connectivity index is 0.000000541. The van der Waals surface area contributed by atoms with Crippen molar-refractivity contribution >= 4 is 37.0 Å². The summed E-state index contributed by atoms with van der Waals surface area (Å²) in [6.07, 6.45) is 8.34. The van der Waals surface area contributed by atoms with Crippen molar-refractivity contribution < 1.29 is 14.3 Å². The van der Waals surface area contributed by atoms with Crippen molar-refractivity contribution in [3.8, 4) is 0 Å². The summed E-state index contributed by atoms with van der Waals surface area (Å²) < 4.78 is 5.27. The Bertz CT molecular complexity index is 389. The van der Waals surface area contributed by atoms with E-state index in [1.54, 1.807) is 0 Å². The van der Waals surface area contributed by atoms with Crippen LogP contribution in [0.2, 0.25) is 0 Å². The third-order valence-electron chi connectivity index (χ3n) is 5.14. The van der Waals surface area contributed by atoms with Gasteiger partial charge in [0, 0.05) is 22.8 Å². The summed E-state index contributed by atoms with van der Waals surface area (Å²) in [4.78, 5) is 22.5. The summed E-state index contributed by atoms with van der Waals surface area (Å²) in [5.41, 5.74) is 0. The van der Waals surface area contributed by atoms with E-state index in [-0.39, 0.29) is 22.4 Å². The molecule has 1 saturated carbocycles. The summed E-state index contributed by atoms with van der Waals surface area (Å²) in [6, 6.07) is 0. The maximum absolute atomic E-state index is 11.3. The molecule has 0 heterocycles. The number of hydrogen-bond acceptors (Lipinski definition) is 5. The van der Waals surface area contributed by atoms with Crippen LogP contribution in [0.3, 0.4) is 0 Å². The lowest BCUT2D eigenvalue weighted by molar-refractivity contribution is -0.145. The van der Waals surface area contributed by atoms with Crippen LogP contribution in [-0.4, -0.2) is 28.9 Å². The summed E-state index contributed by atoms with van der Waals surface area (Å²) in [5.74, 6) is 1.96. The van der Waals surface area contributed by atoms with E-state index in [0.717, 1.165) is 12.3 Å². The van der Waals surface area contributed by atoms with Crippen LogP contribution in [-0.2, 0) is 14.3 Å². The fourth-order valence-corrected chi connectivity index (χ4v) is 3.37. The molecule has 0 bridgehead atoms. The SMILES string of the molecule is CCC(C)C(=O)CC(C)S.CCC1CCC(COC(=O)CC(C)S)CC1. The van der Waals surface area contributed by atoms with Gasteiger partial charge in [-0.25, -0.2) is 0 Å². The topological polar surface area (TPSA) is 43.4 Å². The molecule has 1 aliphatic carbocycles. The number of ketones is 1. The largest absolute Gasteiger partial charge is 0.465 e. The molecule has 3 nitrogen and oxygen atoms in total. The molecule has 0 aliphatic heterocycles. The standard InChI is InChI=1S/C13H24O2S.C8H16OS/c1-3-11-4-6-12(7-5-11)9-15-13(14)8-10(2)16;1-4-6(2)8(9)5-7(3)10/h10-12,16H,3-9H2,1-2H3;6-7,10H,4-5H2,1-3H3. The van der Waals surface area contributed by atoms with Crippen LogP contribution in [0.1, 0.15) is 86.0 Å². The lowest BCUT2D eigenvalue weighted by Crippen LogP contribution is -2.21. The van der Waals surface area contributed by atoms with Crippen LogP contribution in [0.5, 0.6) is 0 Å². The Morgan fingerprint density at radius 1 is 0.923 bits per heavy atom. The van der Waals surface area contributed by atoms with E-state index in [0.29, 0.717) is 31.1 Å². The van der Waals surface area contributed by atoms with Gasteiger partial charge in [0.15, 0.2) is 0 Å². The molecule has 26 heavy (non-hydrogen) atoms. The molecule has 0 radical (unpaired) electrons. The quantitative estimate of drug-likeness (QED) is 0.379. The van der Waals surface area contributed by atoms with E-state index in [4.69, 9.17) is 4.74 Å². The molecule has 5 heteroatoms. The number of ether oxygens (including phenoxy) is 1. The van der Waals surface area contributed by atoms with E-state index in [9.17, 15) is 9.59 Å². The molecule has 0 saturated heterocycles. The highest BCUT2D eigenvalue weighted by atomic mass is 32.1. The van der Waals surface area contributed by atoms with E-state index in [2.05, 4.69) is 32.2 Å². The normalized spacial score (nSPS) is 23.2. The Morgan fingerprint density at radius 3 is 1.85 bits per heavy atom. The molecule has 0 aromatic carbocycles. The molecule has 3 unspecified atom stereocenters. The minimum Gasteiger partial charge on any atom is -0.465 e. The number of carbonyl (C=O) groups excluding carboxylic acids is 2. The molecule has 0 aromatic heterocycles. The fourth-order valence-electron chi connectivity index (χ4n) is 3.04. The summed E-state index contributed by atoms with van der Waals surface area (Å²) in [5, 5.41) is 0.310. The number of thiol groups is 2. The van der Waals surface area contributed by atoms with Gasteiger partial charge < -0.3 is 4.74 Å². The van der Waals surface area contributed by atoms with Gasteiger partial charge in [0.25, 0.3) is 0 Å². The second-order valence-corrected chi connectivity index (χ2v) is 9.62. The van der Waals surface area contributed by atoms with Gasteiger partial charge in [0.2, 0.25) is 0 Å². The van der Waals surface area contributed by atoms with Crippen molar-refractivity contribution in [2.24, 2.45) is 17.8 Å². The first-order valence-corrected chi connectivity index (χ1v) is 11.3. The molecule has 0 aromatic rings. The zero-order valence-corrected chi connectivity index (χ0v) is 19.2. The van der Waals surface area contributed by atoms with Crippen molar-refractivity contribution in [1.29, 1.82) is 0 Å². The van der Waals surface area contributed by atoms with Crippen LogP contribution < -0.4 is 0 Å². The van der Waals surface area contributed by atoms with Crippen LogP contribution in [0, 0.1) is 17.8 Å². The maximum atomic E-state index is 11.3. The Kier molecular flexibility index (Phi) is 14.8. The van der Waals surface area contributed by atoms with Crippen molar-refractivity contribution in [3.05, 3.63) is 0 Å². The van der Waals surface area contributed by atoms with E-state index in [1.807, 2.05) is 27.7 Å². The maximum Gasteiger partial charge on any atom is 0.306 e. The number of Topliss-reactive ketones (excluding diaryl/α,β-unsaturated/α-hetero) is 1. The van der Waals surface area contributed by atoms with Gasteiger partial charge in [0.05, 0.1) is 13.0 Å². The summed E-state index contributed by atoms with van der Waals surface area (Å²) >= 11 is 8.33. The fraction of sp³-hybridized carbons (Fsp3) is 0.905. The third-order valence-corrected chi connectivity index (χ3v) is 5.51. The van der Waals surface area contributed by atoms with E-state index < -0.39 is 0 Å². The van der Waals surface area contributed by atoms with Crippen molar-refractivity contribution in [2.75, 3.05) is 6.61 Å². The first-order chi connectivity index (χ1) is 12.2. The van der Waals surface area contributed by atoms with Crippen molar-refractivity contribution in [2.45, 2.75) is 96.5 Å². The molecule has 0 amide bonds. The summed E-state index contributed by atoms with van der Waals surface area (Å²) in [7, 11) is 0. The molecule has 3 atom stereocenters. The van der Waals surface area contributed by atoms with Crippen LogP contribution >= 0.6 is 25.3 Å². The lowest BCUT2D eigenvalue weighted by Gasteiger charge is -2.27. The number of esters is 1.